The molecule has 115 heavy (non-hydrogen) atoms. The summed E-state index contributed by atoms with van der Waals surface area (Å²) in [6, 6.07) is 47.8. The van der Waals surface area contributed by atoms with Gasteiger partial charge in [-0.05, 0) is 244 Å². The van der Waals surface area contributed by atoms with Gasteiger partial charge in [-0.25, -0.2) is 19.6 Å². The number of aromatic nitrogens is 2. The number of nitrogen functional groups attached to an aromatic ring is 2. The second-order valence-electron chi connectivity index (χ2n) is 30.3. The Morgan fingerprint density at radius 2 is 0.783 bits per heavy atom. The number of thiocarbonyl (C=S) groups is 1. The number of halogens is 1. The Morgan fingerprint density at radius 3 is 1.10 bits per heavy atom. The third kappa shape index (κ3) is 25.9. The fourth-order valence-electron chi connectivity index (χ4n) is 13.7. The van der Waals surface area contributed by atoms with Gasteiger partial charge in [-0.2, -0.15) is 14.9 Å². The maximum absolute atomic E-state index is 13.1. The van der Waals surface area contributed by atoms with E-state index in [0.29, 0.717) is 72.9 Å². The minimum Gasteiger partial charge on any atom is -0.444 e. The van der Waals surface area contributed by atoms with Gasteiger partial charge < -0.3 is 87.1 Å². The lowest BCUT2D eigenvalue weighted by Crippen LogP contribution is -2.50. The number of piperazine rings is 3. The van der Waals surface area contributed by atoms with Crippen LogP contribution in [0.1, 0.15) is 128 Å². The Bertz CT molecular complexity index is 4530. The average Bonchev–Trinajstić information content (AvgIpc) is 1.70. The van der Waals surface area contributed by atoms with Crippen LogP contribution in [0.3, 0.4) is 0 Å². The molecule has 6 aromatic carbocycles. The maximum Gasteiger partial charge on any atom is 0.410 e. The maximum atomic E-state index is 13.1. The minimum absolute atomic E-state index is 0. The molecule has 1 unspecified atom stereocenters. The van der Waals surface area contributed by atoms with Crippen LogP contribution in [0.2, 0.25) is 0 Å². The second kappa shape index (κ2) is 42.0. The first-order chi connectivity index (χ1) is 54.8. The molecule has 10 N–H and O–H groups in total. The molecule has 614 valence electrons. The highest BCUT2D eigenvalue weighted by atomic mass is 79.9. The number of alkyl halides is 1. The van der Waals surface area contributed by atoms with Crippen LogP contribution in [0.25, 0.3) is 0 Å². The number of nitrogens with zero attached hydrogens (tertiary/aromatic N) is 11. The highest BCUT2D eigenvalue weighted by Gasteiger charge is 2.29. The van der Waals surface area contributed by atoms with Gasteiger partial charge in [0.2, 0.25) is 11.6 Å². The second-order valence-corrected chi connectivity index (χ2v) is 34.5. The summed E-state index contributed by atoms with van der Waals surface area (Å²) >= 11 is 12.4. The van der Waals surface area contributed by atoms with Crippen LogP contribution in [0.5, 0.6) is 0 Å². The average molecular weight is 1720 g/mol. The molecule has 0 aliphatic carbocycles. The molecular weight excluding hydrogens is 1610 g/mol. The molecule has 6 saturated heterocycles. The van der Waals surface area contributed by atoms with E-state index in [0.717, 1.165) is 137 Å². The van der Waals surface area contributed by atoms with Crippen molar-refractivity contribution in [3.63, 3.8) is 0 Å². The zero-order chi connectivity index (χ0) is 80.9. The predicted molar refractivity (Wildman–Crippen MR) is 490 cm³/mol. The molecule has 31 heteroatoms. The number of benzene rings is 6. The first kappa shape index (κ1) is 88.1. The summed E-state index contributed by atoms with van der Waals surface area (Å²) in [7, 11) is 0. The highest BCUT2D eigenvalue weighted by molar-refractivity contribution is 9.09. The van der Waals surface area contributed by atoms with Crippen molar-refractivity contribution in [3.8, 4) is 0 Å². The van der Waals surface area contributed by atoms with Gasteiger partial charge >= 0.3 is 12.2 Å². The first-order valence-corrected chi connectivity index (χ1v) is 43.3. The summed E-state index contributed by atoms with van der Waals surface area (Å²) in [6.07, 6.45) is 6.93. The number of Topliss-reactive ketones (excluding diaryl/α,β-unsaturated/α-hetero) is 1. The van der Waals surface area contributed by atoms with Crippen LogP contribution in [-0.2, 0) is 9.47 Å². The molecule has 0 spiro atoms. The van der Waals surface area contributed by atoms with Crippen molar-refractivity contribution in [1.29, 1.82) is 0 Å². The van der Waals surface area contributed by atoms with Gasteiger partial charge in [-0.3, -0.25) is 14.4 Å². The fourth-order valence-corrected chi connectivity index (χ4v) is 16.5. The van der Waals surface area contributed by atoms with E-state index in [4.69, 9.17) is 38.9 Å². The van der Waals surface area contributed by atoms with Crippen LogP contribution < -0.4 is 67.9 Å². The van der Waals surface area contributed by atoms with Gasteiger partial charge in [-0.1, -0.05) is 57.3 Å². The number of aliphatic imine (C=N–C) groups is 1. The zero-order valence-electron chi connectivity index (χ0n) is 67.0. The zero-order valence-corrected chi connectivity index (χ0v) is 73.2. The number of anilines is 13. The Labute approximate surface area is 705 Å². The van der Waals surface area contributed by atoms with Crippen LogP contribution in [0, 0.1) is 0 Å². The number of carbonyl (C=O) groups excluding carboxylic acids is 5. The van der Waals surface area contributed by atoms with Crippen molar-refractivity contribution in [3.05, 3.63) is 172 Å². The van der Waals surface area contributed by atoms with Crippen molar-refractivity contribution >= 4 is 185 Å². The fraction of sp³-hybridized carbons (Fsp3) is 0.417. The number of hydrogen-bond donors (Lipinski definition) is 7. The van der Waals surface area contributed by atoms with Gasteiger partial charge in [0.15, 0.2) is 26.3 Å². The van der Waals surface area contributed by atoms with E-state index in [-0.39, 0.29) is 51.1 Å². The largest absolute Gasteiger partial charge is 0.444 e. The van der Waals surface area contributed by atoms with Crippen molar-refractivity contribution in [1.82, 2.24) is 25.1 Å². The monoisotopic (exact) mass is 1720 g/mol. The third-order valence-corrected chi connectivity index (χ3v) is 23.0. The molecule has 8 heterocycles. The quantitative estimate of drug-likeness (QED) is 0.0105. The number of amides is 2. The molecule has 2 amide bonds. The van der Waals surface area contributed by atoms with E-state index >= 15 is 0 Å². The normalized spacial score (nSPS) is 15.7. The lowest BCUT2D eigenvalue weighted by atomic mass is 10.1. The summed E-state index contributed by atoms with van der Waals surface area (Å²) < 4.78 is 10.9. The predicted octanol–water partition coefficient (Wildman–Crippen LogP) is 15.5. The van der Waals surface area contributed by atoms with Crippen molar-refractivity contribution in [2.45, 2.75) is 98.2 Å². The third-order valence-electron chi connectivity index (χ3n) is 19.6. The Morgan fingerprint density at radius 1 is 0.478 bits per heavy atom. The summed E-state index contributed by atoms with van der Waals surface area (Å²) in [5, 5.41) is 15.4. The van der Waals surface area contributed by atoms with Gasteiger partial charge in [0.1, 0.15) is 32.6 Å². The molecule has 6 fully saturated rings. The molecule has 0 saturated carbocycles. The minimum atomic E-state index is -0.494. The molecule has 0 radical (unpaired) electrons. The van der Waals surface area contributed by atoms with Gasteiger partial charge in [0.05, 0.1) is 5.33 Å². The molecule has 8 aromatic rings. The van der Waals surface area contributed by atoms with E-state index in [1.807, 2.05) is 182 Å². The first-order valence-electron chi connectivity index (χ1n) is 39.1. The summed E-state index contributed by atoms with van der Waals surface area (Å²) in [5.41, 5.74) is 28.7. The van der Waals surface area contributed by atoms with E-state index in [1.54, 1.807) is 9.80 Å². The van der Waals surface area contributed by atoms with E-state index in [9.17, 15) is 24.0 Å². The van der Waals surface area contributed by atoms with E-state index < -0.39 is 11.2 Å². The van der Waals surface area contributed by atoms with Crippen molar-refractivity contribution in [2.24, 2.45) is 10.7 Å². The smallest absolute Gasteiger partial charge is 0.410 e. The Balaban J connectivity index is 0.000000168. The van der Waals surface area contributed by atoms with Gasteiger partial charge in [-0.15, -0.1) is 0 Å². The summed E-state index contributed by atoms with van der Waals surface area (Å²) in [4.78, 5) is 93.3. The summed E-state index contributed by atoms with van der Waals surface area (Å²) in [5.74, 6) is 1.29. The van der Waals surface area contributed by atoms with Crippen molar-refractivity contribution < 1.29 is 33.4 Å². The molecule has 6 aliphatic heterocycles. The number of thioether (sulfide) groups is 1. The number of nitrogens with one attached hydrogen (secondary N) is 4. The van der Waals surface area contributed by atoms with Crippen LogP contribution >= 0.6 is 72.5 Å². The number of ketones is 3. The number of carbonyl (C=O) groups is 5. The standard InChI is InChI=1S/C29H36N6O3S.C24H28N6OS.C19H29N5O2S2.C12H14BrNO.H3P/c1-29(2,3)38-28(37)35-18-16-34(17-19-35)23-12-8-21(9-13-23)31-27-32-26(30)25(39-27)24(36)20-6-10-22(11-7-20)33-14-4-5-15-33;25-23-22(21(31)17-3-7-19(8-4-17)29-13-1-2-14-29)32-24(28-23)27-18-5-9-20(10-6-18)30-15-11-26-12-16-30;1-5-28-16(20)22-17(27)21-14-6-8-15(9-7-14)23-10-12-24(13-11-23)18(25)26-19(2,3)4;13-9-12(15)10-3-5-11(6-4-10)14-7-1-2-8-14;/h6-13H,4-5,14-19,30H2,1-3H3,(H,31,32);3-10,26H,1-2,11-16,25H2,(H,27,28);6-9H,5,10-13H2,1-4H3,(H3,20,21,22,27);3-6H,1-2,7-9H2;1H3. The molecule has 0 bridgehead atoms. The molecule has 25 nitrogen and oxygen atoms in total. The number of amidine groups is 1. The SMILES string of the molecule is CC(C)(C)OC(=O)N1CCN(c2ccc(Nc3nc(N)c(C(=O)c4ccc(N5CCCC5)cc4)s3)cc2)CC1.CCSC(N)=NC(=S)Nc1ccc(N2CCN(C(=O)OC(C)(C)C)CC2)cc1.Nc1nc(Nc2ccc(N3CCNCC3)cc2)sc1C(=O)c1ccc(N2CCCC2)cc1.O=C(CBr)c1ccc(N2CCCC2)cc1.P. The number of hydrogen-bond acceptors (Lipinski definition) is 24. The van der Waals surface area contributed by atoms with E-state index in [2.05, 4.69) is 93.7 Å². The van der Waals surface area contributed by atoms with Crippen LogP contribution in [-0.4, -0.2) is 200 Å². The van der Waals surface area contributed by atoms with Crippen LogP contribution in [0.15, 0.2) is 151 Å². The molecule has 14 rings (SSSR count). The number of thiazole rings is 2. The number of nitrogens with two attached hydrogens (primary N) is 3. The Kier molecular flexibility index (Phi) is 32.2. The molecule has 6 aliphatic rings. The molecule has 1 atom stereocenters. The van der Waals surface area contributed by atoms with Gasteiger partial charge in [0, 0.05) is 186 Å². The summed E-state index contributed by atoms with van der Waals surface area (Å²) in [6.45, 7) is 29.4. The topological polar surface area (TPSA) is 294 Å². The van der Waals surface area contributed by atoms with Crippen LogP contribution in [0.4, 0.5) is 82.7 Å². The van der Waals surface area contributed by atoms with Gasteiger partial charge in [0.25, 0.3) is 0 Å². The Hall–Kier alpha value is -9.29. The number of ether oxygens (including phenoxy) is 2. The lowest BCUT2D eigenvalue weighted by Gasteiger charge is -2.36. The highest BCUT2D eigenvalue weighted by Crippen LogP contribution is 2.35. The lowest BCUT2D eigenvalue weighted by molar-refractivity contribution is 0.0230. The number of rotatable bonds is 18. The van der Waals surface area contributed by atoms with Crippen molar-refractivity contribution in [2.75, 3.05) is 186 Å². The van der Waals surface area contributed by atoms with E-state index in [1.165, 1.54) is 90.0 Å². The molecular formula is C84H110BrN18O7PS4. The molecule has 2 aromatic heterocycles.